The van der Waals surface area contributed by atoms with E-state index >= 15 is 0 Å². The van der Waals surface area contributed by atoms with Gasteiger partial charge in [0.1, 0.15) is 12.1 Å². The van der Waals surface area contributed by atoms with Gasteiger partial charge < -0.3 is 14.5 Å². The molecule has 0 saturated carbocycles. The van der Waals surface area contributed by atoms with E-state index in [2.05, 4.69) is 0 Å². The van der Waals surface area contributed by atoms with Crippen molar-refractivity contribution in [3.63, 3.8) is 0 Å². The molecule has 3 unspecified atom stereocenters. The van der Waals surface area contributed by atoms with Crippen LogP contribution in [-0.2, 0) is 14.3 Å². The Labute approximate surface area is 114 Å². The van der Waals surface area contributed by atoms with Gasteiger partial charge in [-0.25, -0.2) is 0 Å². The van der Waals surface area contributed by atoms with Gasteiger partial charge in [0.2, 0.25) is 11.8 Å². The minimum absolute atomic E-state index is 0.0500. The van der Waals surface area contributed by atoms with Crippen LogP contribution in [0.5, 0.6) is 0 Å². The highest BCUT2D eigenvalue weighted by Gasteiger charge is 2.48. The van der Waals surface area contributed by atoms with Crippen molar-refractivity contribution in [3.8, 4) is 0 Å². The summed E-state index contributed by atoms with van der Waals surface area (Å²) in [6.45, 7) is 7.14. The largest absolute Gasteiger partial charge is 0.380 e. The third-order valence-corrected chi connectivity index (χ3v) is 4.18. The molecule has 2 saturated heterocycles. The van der Waals surface area contributed by atoms with Crippen LogP contribution in [-0.4, -0.2) is 60.0 Å². The van der Waals surface area contributed by atoms with E-state index < -0.39 is 0 Å². The first-order chi connectivity index (χ1) is 8.97. The molecule has 2 heterocycles. The Morgan fingerprint density at radius 1 is 1.26 bits per heavy atom. The summed E-state index contributed by atoms with van der Waals surface area (Å²) >= 11 is 0. The van der Waals surface area contributed by atoms with E-state index in [-0.39, 0.29) is 35.9 Å². The fraction of sp³-hybridized carbons (Fsp3) is 0.857. The van der Waals surface area contributed by atoms with Crippen molar-refractivity contribution in [2.24, 2.45) is 5.92 Å². The first-order valence-electron chi connectivity index (χ1n) is 7.11. The van der Waals surface area contributed by atoms with Crippen molar-refractivity contribution in [2.45, 2.75) is 51.8 Å². The lowest BCUT2D eigenvalue weighted by Gasteiger charge is -2.44. The zero-order chi connectivity index (χ0) is 14.2. The maximum Gasteiger partial charge on any atom is 0.246 e. The number of amides is 2. The van der Waals surface area contributed by atoms with Crippen LogP contribution in [0.2, 0.25) is 0 Å². The van der Waals surface area contributed by atoms with Crippen molar-refractivity contribution in [1.29, 1.82) is 0 Å². The van der Waals surface area contributed by atoms with Gasteiger partial charge >= 0.3 is 0 Å². The molecule has 108 valence electrons. The summed E-state index contributed by atoms with van der Waals surface area (Å²) in [7, 11) is 1.63. The average molecular weight is 268 g/mol. The third kappa shape index (κ3) is 2.48. The molecule has 0 aromatic carbocycles. The normalized spacial score (nSPS) is 29.1. The topological polar surface area (TPSA) is 49.9 Å². The maximum atomic E-state index is 12.6. The lowest BCUT2D eigenvalue weighted by molar-refractivity contribution is -0.163. The summed E-state index contributed by atoms with van der Waals surface area (Å²) < 4.78 is 5.26. The molecule has 19 heavy (non-hydrogen) atoms. The molecular weight excluding hydrogens is 244 g/mol. The van der Waals surface area contributed by atoms with Crippen LogP contribution in [0.3, 0.4) is 0 Å². The molecule has 0 bridgehead atoms. The van der Waals surface area contributed by atoms with Crippen molar-refractivity contribution in [2.75, 3.05) is 20.2 Å². The first-order valence-corrected chi connectivity index (χ1v) is 7.11. The number of hydrogen-bond acceptors (Lipinski definition) is 3. The highest BCUT2D eigenvalue weighted by molar-refractivity contribution is 5.97. The van der Waals surface area contributed by atoms with Gasteiger partial charge in [-0.15, -0.1) is 0 Å². The van der Waals surface area contributed by atoms with Crippen molar-refractivity contribution in [1.82, 2.24) is 9.80 Å². The molecule has 0 radical (unpaired) electrons. The van der Waals surface area contributed by atoms with Gasteiger partial charge in [0.05, 0.1) is 6.10 Å². The zero-order valence-electron chi connectivity index (χ0n) is 12.3. The number of carbonyl (C=O) groups is 2. The summed E-state index contributed by atoms with van der Waals surface area (Å²) in [5.74, 6) is 0.335. The second-order valence-corrected chi connectivity index (χ2v) is 5.92. The van der Waals surface area contributed by atoms with Gasteiger partial charge in [0.25, 0.3) is 0 Å². The van der Waals surface area contributed by atoms with Gasteiger partial charge in [0, 0.05) is 20.2 Å². The average Bonchev–Trinajstić information content (AvgIpc) is 2.84. The van der Waals surface area contributed by atoms with Gasteiger partial charge in [0.15, 0.2) is 0 Å². The summed E-state index contributed by atoms with van der Waals surface area (Å²) in [5.41, 5.74) is 0. The minimum atomic E-state index is -0.334. The second-order valence-electron chi connectivity index (χ2n) is 5.92. The number of piperazine rings is 1. The van der Waals surface area contributed by atoms with Crippen LogP contribution in [0.25, 0.3) is 0 Å². The molecule has 0 N–H and O–H groups in total. The Hall–Kier alpha value is -1.10. The smallest absolute Gasteiger partial charge is 0.246 e. The molecule has 2 amide bonds. The van der Waals surface area contributed by atoms with Crippen LogP contribution >= 0.6 is 0 Å². The molecule has 5 nitrogen and oxygen atoms in total. The minimum Gasteiger partial charge on any atom is -0.380 e. The van der Waals surface area contributed by atoms with Crippen molar-refractivity contribution in [3.05, 3.63) is 0 Å². The van der Waals surface area contributed by atoms with E-state index in [4.69, 9.17) is 4.74 Å². The van der Waals surface area contributed by atoms with E-state index in [0.717, 1.165) is 19.4 Å². The van der Waals surface area contributed by atoms with Crippen LogP contribution in [0.15, 0.2) is 0 Å². The Bertz CT molecular complexity index is 370. The summed E-state index contributed by atoms with van der Waals surface area (Å²) in [6, 6.07) is -0.564. The Morgan fingerprint density at radius 2 is 1.95 bits per heavy atom. The van der Waals surface area contributed by atoms with Gasteiger partial charge in [-0.3, -0.25) is 9.59 Å². The fourth-order valence-corrected chi connectivity index (χ4v) is 3.12. The molecule has 0 aromatic heterocycles. The quantitative estimate of drug-likeness (QED) is 0.760. The number of nitrogens with zero attached hydrogens (tertiary/aromatic N) is 2. The number of carbonyl (C=O) groups excluding carboxylic acids is 2. The number of hydrogen-bond donors (Lipinski definition) is 0. The monoisotopic (exact) mass is 268 g/mol. The predicted molar refractivity (Wildman–Crippen MR) is 71.5 cm³/mol. The molecule has 2 fully saturated rings. The fourth-order valence-electron chi connectivity index (χ4n) is 3.12. The van der Waals surface area contributed by atoms with E-state index in [0.29, 0.717) is 6.54 Å². The van der Waals surface area contributed by atoms with Crippen molar-refractivity contribution >= 4 is 11.8 Å². The van der Waals surface area contributed by atoms with E-state index in [1.807, 2.05) is 20.8 Å². The van der Waals surface area contributed by atoms with Crippen LogP contribution in [0, 0.1) is 5.92 Å². The lowest BCUT2D eigenvalue weighted by Crippen LogP contribution is -2.65. The number of ether oxygens (including phenoxy) is 1. The summed E-state index contributed by atoms with van der Waals surface area (Å²) in [4.78, 5) is 28.7. The predicted octanol–water partition coefficient (Wildman–Crippen LogP) is 0.879. The molecular formula is C14H24N2O3. The summed E-state index contributed by atoms with van der Waals surface area (Å²) in [5, 5.41) is 0. The molecule has 5 heteroatoms. The number of fused-ring (bicyclic) bond motifs is 1. The highest BCUT2D eigenvalue weighted by Crippen LogP contribution is 2.29. The van der Waals surface area contributed by atoms with Crippen LogP contribution in [0.1, 0.15) is 33.6 Å². The van der Waals surface area contributed by atoms with Gasteiger partial charge in [-0.2, -0.15) is 0 Å². The van der Waals surface area contributed by atoms with Crippen LogP contribution in [0.4, 0.5) is 0 Å². The number of rotatable bonds is 4. The van der Waals surface area contributed by atoms with Gasteiger partial charge in [-0.1, -0.05) is 13.8 Å². The second kappa shape index (κ2) is 5.49. The molecule has 2 aliphatic rings. The molecule has 0 aromatic rings. The maximum absolute atomic E-state index is 12.6. The van der Waals surface area contributed by atoms with Gasteiger partial charge in [-0.05, 0) is 25.7 Å². The molecule has 2 aliphatic heterocycles. The molecule has 3 atom stereocenters. The molecule has 2 rings (SSSR count). The first kappa shape index (κ1) is 14.3. The van der Waals surface area contributed by atoms with E-state index in [1.54, 1.807) is 16.9 Å². The zero-order valence-corrected chi connectivity index (χ0v) is 12.3. The molecule has 0 spiro atoms. The summed E-state index contributed by atoms with van der Waals surface area (Å²) in [6.07, 6.45) is 1.68. The molecule has 0 aliphatic carbocycles. The van der Waals surface area contributed by atoms with Crippen molar-refractivity contribution < 1.29 is 14.3 Å². The Morgan fingerprint density at radius 3 is 2.53 bits per heavy atom. The van der Waals surface area contributed by atoms with E-state index in [1.165, 1.54) is 0 Å². The van der Waals surface area contributed by atoms with Crippen LogP contribution < -0.4 is 0 Å². The Balaban J connectivity index is 2.25. The third-order valence-electron chi connectivity index (χ3n) is 4.18. The highest BCUT2D eigenvalue weighted by atomic mass is 16.5. The lowest BCUT2D eigenvalue weighted by atomic mass is 9.95. The standard InChI is InChI=1S/C14H24N2O3/c1-9(2)12-14(18)15-7-5-6-11(15)13(17)16(12)8-10(3)19-4/h9-12H,5-8H2,1-4H3. The van der Waals surface area contributed by atoms with E-state index in [9.17, 15) is 9.59 Å². The SMILES string of the molecule is COC(C)CN1C(=O)C2CCCN2C(=O)C1C(C)C. The Kier molecular flexibility index (Phi) is 4.13. The number of methoxy groups -OCH3 is 1.